The van der Waals surface area contributed by atoms with Gasteiger partial charge in [-0.1, -0.05) is 18.2 Å². The third kappa shape index (κ3) is 3.55. The highest BCUT2D eigenvalue weighted by molar-refractivity contribution is 5.94. The monoisotopic (exact) mass is 335 g/mol. The molecule has 2 aromatic carbocycles. The molecular formula is C20H21N3O2. The molecule has 1 amide bonds. The molecule has 3 rings (SSSR count). The van der Waals surface area contributed by atoms with Crippen LogP contribution in [0.4, 0.5) is 0 Å². The topological polar surface area (TPSA) is 56.1 Å². The molecule has 5 heteroatoms. The summed E-state index contributed by atoms with van der Waals surface area (Å²) in [7, 11) is 1.62. The Morgan fingerprint density at radius 1 is 1.20 bits per heavy atom. The lowest BCUT2D eigenvalue weighted by Gasteiger charge is -2.13. The van der Waals surface area contributed by atoms with Crippen molar-refractivity contribution in [2.24, 2.45) is 0 Å². The van der Waals surface area contributed by atoms with E-state index < -0.39 is 0 Å². The first kappa shape index (κ1) is 16.8. The second-order valence-corrected chi connectivity index (χ2v) is 5.84. The van der Waals surface area contributed by atoms with E-state index in [2.05, 4.69) is 10.3 Å². The number of carbonyl (C=O) groups is 1. The Morgan fingerprint density at radius 3 is 2.68 bits per heavy atom. The Kier molecular flexibility index (Phi) is 4.84. The molecule has 1 heterocycles. The van der Waals surface area contributed by atoms with Crippen molar-refractivity contribution in [1.29, 1.82) is 0 Å². The van der Waals surface area contributed by atoms with Crippen molar-refractivity contribution in [3.05, 3.63) is 77.4 Å². The summed E-state index contributed by atoms with van der Waals surface area (Å²) in [6.07, 6.45) is 3.69. The first-order valence-electron chi connectivity index (χ1n) is 8.11. The average Bonchev–Trinajstić information content (AvgIpc) is 3.05. The van der Waals surface area contributed by atoms with Gasteiger partial charge in [-0.25, -0.2) is 4.98 Å². The first-order valence-corrected chi connectivity index (χ1v) is 8.11. The van der Waals surface area contributed by atoms with Crippen molar-refractivity contribution in [2.45, 2.75) is 20.4 Å². The van der Waals surface area contributed by atoms with Crippen LogP contribution in [0.1, 0.15) is 27.3 Å². The van der Waals surface area contributed by atoms with Gasteiger partial charge in [-0.05, 0) is 49.2 Å². The predicted octanol–water partition coefficient (Wildman–Crippen LogP) is 3.43. The SMILES string of the molecule is COc1ccc(C(=O)NCc2ccccc2-n2ccnc2C)cc1C. The molecule has 0 aliphatic carbocycles. The van der Waals surface area contributed by atoms with Crippen LogP contribution in [0.2, 0.25) is 0 Å². The minimum Gasteiger partial charge on any atom is -0.496 e. The summed E-state index contributed by atoms with van der Waals surface area (Å²) in [5.41, 5.74) is 3.60. The van der Waals surface area contributed by atoms with E-state index in [4.69, 9.17) is 4.74 Å². The number of carbonyl (C=O) groups excluding carboxylic acids is 1. The van der Waals surface area contributed by atoms with E-state index in [0.717, 1.165) is 28.4 Å². The number of hydrogen-bond donors (Lipinski definition) is 1. The van der Waals surface area contributed by atoms with Gasteiger partial charge >= 0.3 is 0 Å². The molecule has 0 saturated carbocycles. The lowest BCUT2D eigenvalue weighted by atomic mass is 10.1. The number of aryl methyl sites for hydroxylation is 2. The quantitative estimate of drug-likeness (QED) is 0.777. The second-order valence-electron chi connectivity index (χ2n) is 5.84. The molecule has 0 saturated heterocycles. The maximum atomic E-state index is 12.5. The normalized spacial score (nSPS) is 10.5. The molecule has 0 spiro atoms. The fourth-order valence-electron chi connectivity index (χ4n) is 2.83. The van der Waals surface area contributed by atoms with Gasteiger partial charge in [0.2, 0.25) is 0 Å². The van der Waals surface area contributed by atoms with Crippen LogP contribution in [-0.4, -0.2) is 22.6 Å². The van der Waals surface area contributed by atoms with Crippen LogP contribution in [0, 0.1) is 13.8 Å². The molecule has 0 fully saturated rings. The molecule has 0 radical (unpaired) electrons. The third-order valence-electron chi connectivity index (χ3n) is 4.17. The van der Waals surface area contributed by atoms with Crippen LogP contribution < -0.4 is 10.1 Å². The molecule has 0 aliphatic rings. The number of methoxy groups -OCH3 is 1. The summed E-state index contributed by atoms with van der Waals surface area (Å²) in [6.45, 7) is 4.32. The van der Waals surface area contributed by atoms with Crippen molar-refractivity contribution in [1.82, 2.24) is 14.9 Å². The van der Waals surface area contributed by atoms with Crippen LogP contribution >= 0.6 is 0 Å². The maximum absolute atomic E-state index is 12.5. The van der Waals surface area contributed by atoms with Gasteiger partial charge in [-0.2, -0.15) is 0 Å². The highest BCUT2D eigenvalue weighted by atomic mass is 16.5. The van der Waals surface area contributed by atoms with Crippen LogP contribution in [0.5, 0.6) is 5.75 Å². The molecule has 25 heavy (non-hydrogen) atoms. The highest BCUT2D eigenvalue weighted by Gasteiger charge is 2.10. The fraction of sp³-hybridized carbons (Fsp3) is 0.200. The van der Waals surface area contributed by atoms with Crippen molar-refractivity contribution in [2.75, 3.05) is 7.11 Å². The van der Waals surface area contributed by atoms with Gasteiger partial charge in [0, 0.05) is 24.5 Å². The largest absolute Gasteiger partial charge is 0.496 e. The van der Waals surface area contributed by atoms with Crippen molar-refractivity contribution < 1.29 is 9.53 Å². The number of nitrogens with zero attached hydrogens (tertiary/aromatic N) is 2. The van der Waals surface area contributed by atoms with Gasteiger partial charge in [0.25, 0.3) is 5.91 Å². The van der Waals surface area contributed by atoms with Gasteiger partial charge in [0.05, 0.1) is 12.8 Å². The van der Waals surface area contributed by atoms with E-state index in [0.29, 0.717) is 12.1 Å². The first-order chi connectivity index (χ1) is 12.1. The zero-order chi connectivity index (χ0) is 17.8. The van der Waals surface area contributed by atoms with Gasteiger partial charge in [-0.3, -0.25) is 4.79 Å². The molecule has 0 aliphatic heterocycles. The molecule has 1 N–H and O–H groups in total. The molecule has 0 atom stereocenters. The minimum absolute atomic E-state index is 0.108. The van der Waals surface area contributed by atoms with Crippen LogP contribution in [0.3, 0.4) is 0 Å². The molecule has 5 nitrogen and oxygen atoms in total. The van der Waals surface area contributed by atoms with E-state index in [1.165, 1.54) is 0 Å². The summed E-state index contributed by atoms with van der Waals surface area (Å²) >= 11 is 0. The Morgan fingerprint density at radius 2 is 2.00 bits per heavy atom. The lowest BCUT2D eigenvalue weighted by Crippen LogP contribution is -2.23. The van der Waals surface area contributed by atoms with Gasteiger partial charge in [0.1, 0.15) is 11.6 Å². The summed E-state index contributed by atoms with van der Waals surface area (Å²) < 4.78 is 7.25. The summed E-state index contributed by atoms with van der Waals surface area (Å²) in [4.78, 5) is 16.7. The van der Waals surface area contributed by atoms with Crippen LogP contribution in [0.25, 0.3) is 5.69 Å². The predicted molar refractivity (Wildman–Crippen MR) is 97.2 cm³/mol. The third-order valence-corrected chi connectivity index (χ3v) is 4.17. The standard InChI is InChI=1S/C20H21N3O2/c1-14-12-16(8-9-19(14)25-3)20(24)22-13-17-6-4-5-7-18(17)23-11-10-21-15(23)2/h4-12H,13H2,1-3H3,(H,22,24). The highest BCUT2D eigenvalue weighted by Crippen LogP contribution is 2.19. The average molecular weight is 335 g/mol. The molecule has 1 aromatic heterocycles. The molecule has 128 valence electrons. The number of aromatic nitrogens is 2. The number of ether oxygens (including phenoxy) is 1. The molecule has 0 unspecified atom stereocenters. The van der Waals surface area contributed by atoms with E-state index >= 15 is 0 Å². The fourth-order valence-corrected chi connectivity index (χ4v) is 2.83. The minimum atomic E-state index is -0.108. The van der Waals surface area contributed by atoms with Crippen LogP contribution in [-0.2, 0) is 6.54 Å². The van der Waals surface area contributed by atoms with E-state index in [1.807, 2.05) is 61.0 Å². The van der Waals surface area contributed by atoms with Crippen LogP contribution in [0.15, 0.2) is 54.9 Å². The molecular weight excluding hydrogens is 314 g/mol. The number of hydrogen-bond acceptors (Lipinski definition) is 3. The van der Waals surface area contributed by atoms with Gasteiger partial charge in [0.15, 0.2) is 0 Å². The van der Waals surface area contributed by atoms with Crippen molar-refractivity contribution in [3.63, 3.8) is 0 Å². The Hall–Kier alpha value is -3.08. The summed E-state index contributed by atoms with van der Waals surface area (Å²) in [5.74, 6) is 1.57. The second kappa shape index (κ2) is 7.21. The smallest absolute Gasteiger partial charge is 0.251 e. The maximum Gasteiger partial charge on any atom is 0.251 e. The lowest BCUT2D eigenvalue weighted by molar-refractivity contribution is 0.0951. The van der Waals surface area contributed by atoms with E-state index in [9.17, 15) is 4.79 Å². The number of rotatable bonds is 5. The van der Waals surface area contributed by atoms with Gasteiger partial charge < -0.3 is 14.6 Å². The zero-order valence-electron chi connectivity index (χ0n) is 14.6. The summed E-state index contributed by atoms with van der Waals surface area (Å²) in [6, 6.07) is 13.4. The number of benzene rings is 2. The number of para-hydroxylation sites is 1. The Bertz CT molecular complexity index is 899. The van der Waals surface area contributed by atoms with Crippen molar-refractivity contribution in [3.8, 4) is 11.4 Å². The Labute approximate surface area is 147 Å². The number of nitrogens with one attached hydrogen (secondary N) is 1. The van der Waals surface area contributed by atoms with E-state index in [1.54, 1.807) is 19.4 Å². The Balaban J connectivity index is 1.77. The molecule has 0 bridgehead atoms. The van der Waals surface area contributed by atoms with Gasteiger partial charge in [-0.15, -0.1) is 0 Å². The number of amides is 1. The van der Waals surface area contributed by atoms with E-state index in [-0.39, 0.29) is 5.91 Å². The summed E-state index contributed by atoms with van der Waals surface area (Å²) in [5, 5.41) is 2.99. The zero-order valence-corrected chi connectivity index (χ0v) is 14.6. The van der Waals surface area contributed by atoms with Crippen molar-refractivity contribution >= 4 is 5.91 Å². The molecule has 3 aromatic rings. The number of imidazole rings is 1.